The number of fused-ring (bicyclic) bond motifs is 1. The second-order valence-corrected chi connectivity index (χ2v) is 6.87. The second-order valence-electron chi connectivity index (χ2n) is 5.22. The lowest BCUT2D eigenvalue weighted by atomic mass is 10.2. The van der Waals surface area contributed by atoms with Crippen LogP contribution in [0.4, 0.5) is 0 Å². The molecule has 6 nitrogen and oxygen atoms in total. The Hall–Kier alpha value is -2.93. The molecule has 1 N–H and O–H groups in total. The Morgan fingerprint density at radius 2 is 1.92 bits per heavy atom. The average molecular weight is 356 g/mol. The largest absolute Gasteiger partial charge is 0.494 e. The van der Waals surface area contributed by atoms with Gasteiger partial charge >= 0.3 is 0 Å². The number of amides is 1. The van der Waals surface area contributed by atoms with Gasteiger partial charge in [-0.25, -0.2) is 13.1 Å². The van der Waals surface area contributed by atoms with Gasteiger partial charge in [0.15, 0.2) is 0 Å². The van der Waals surface area contributed by atoms with Crippen molar-refractivity contribution in [1.82, 2.24) is 9.71 Å². The molecule has 0 bridgehead atoms. The number of aromatic nitrogens is 1. The van der Waals surface area contributed by atoms with Crippen molar-refractivity contribution in [3.8, 4) is 5.75 Å². The molecule has 0 unspecified atom stereocenters. The predicted octanol–water partition coefficient (Wildman–Crippen LogP) is 2.75. The van der Waals surface area contributed by atoms with E-state index >= 15 is 0 Å². The van der Waals surface area contributed by atoms with Gasteiger partial charge in [0.2, 0.25) is 0 Å². The van der Waals surface area contributed by atoms with E-state index in [-0.39, 0.29) is 10.5 Å². The van der Waals surface area contributed by atoms with Crippen molar-refractivity contribution in [2.75, 3.05) is 6.61 Å². The molecule has 2 aromatic carbocycles. The van der Waals surface area contributed by atoms with Crippen LogP contribution in [0, 0.1) is 0 Å². The summed E-state index contributed by atoms with van der Waals surface area (Å²) >= 11 is 0. The zero-order valence-corrected chi connectivity index (χ0v) is 14.3. The highest BCUT2D eigenvalue weighted by molar-refractivity contribution is 7.90. The average Bonchev–Trinajstić information content (AvgIpc) is 2.61. The number of sulfonamides is 1. The van der Waals surface area contributed by atoms with Gasteiger partial charge in [-0.15, -0.1) is 0 Å². The van der Waals surface area contributed by atoms with Crippen molar-refractivity contribution in [3.63, 3.8) is 0 Å². The highest BCUT2D eigenvalue weighted by Crippen LogP contribution is 2.21. The lowest BCUT2D eigenvalue weighted by Gasteiger charge is -2.10. The van der Waals surface area contributed by atoms with Gasteiger partial charge in [-0.1, -0.05) is 12.1 Å². The fourth-order valence-electron chi connectivity index (χ4n) is 2.44. The normalized spacial score (nSPS) is 11.2. The number of carbonyl (C=O) groups is 1. The Morgan fingerprint density at radius 1 is 1.12 bits per heavy atom. The molecule has 0 aliphatic carbocycles. The van der Waals surface area contributed by atoms with Crippen molar-refractivity contribution in [2.24, 2.45) is 0 Å². The van der Waals surface area contributed by atoms with Gasteiger partial charge in [0.05, 0.1) is 17.0 Å². The summed E-state index contributed by atoms with van der Waals surface area (Å²) in [6.07, 6.45) is 1.58. The van der Waals surface area contributed by atoms with E-state index in [0.29, 0.717) is 23.3 Å². The van der Waals surface area contributed by atoms with Crippen LogP contribution < -0.4 is 9.46 Å². The van der Waals surface area contributed by atoms with Crippen LogP contribution in [-0.4, -0.2) is 25.9 Å². The summed E-state index contributed by atoms with van der Waals surface area (Å²) in [7, 11) is -4.04. The molecule has 25 heavy (non-hydrogen) atoms. The van der Waals surface area contributed by atoms with Gasteiger partial charge < -0.3 is 4.74 Å². The number of rotatable bonds is 5. The maximum Gasteiger partial charge on any atom is 0.265 e. The van der Waals surface area contributed by atoms with Crippen LogP contribution in [0.3, 0.4) is 0 Å². The third kappa shape index (κ3) is 3.61. The summed E-state index contributed by atoms with van der Waals surface area (Å²) < 4.78 is 32.7. The Balaban J connectivity index is 1.93. The second kappa shape index (κ2) is 6.90. The summed E-state index contributed by atoms with van der Waals surface area (Å²) in [6, 6.07) is 14.4. The molecule has 1 amide bonds. The van der Waals surface area contributed by atoms with E-state index in [4.69, 9.17) is 4.74 Å². The van der Waals surface area contributed by atoms with Gasteiger partial charge in [0.25, 0.3) is 15.9 Å². The minimum atomic E-state index is -4.04. The summed E-state index contributed by atoms with van der Waals surface area (Å²) in [5, 5.41) is 0.452. The van der Waals surface area contributed by atoms with Crippen LogP contribution >= 0.6 is 0 Å². The fraction of sp³-hybridized carbons (Fsp3) is 0.111. The van der Waals surface area contributed by atoms with Crippen LogP contribution in [0.2, 0.25) is 0 Å². The highest BCUT2D eigenvalue weighted by Gasteiger charge is 2.21. The first-order valence-corrected chi connectivity index (χ1v) is 9.13. The summed E-state index contributed by atoms with van der Waals surface area (Å²) in [5.74, 6) is -0.218. The van der Waals surface area contributed by atoms with E-state index < -0.39 is 15.9 Å². The first-order chi connectivity index (χ1) is 12.0. The van der Waals surface area contributed by atoms with E-state index in [0.717, 1.165) is 0 Å². The SMILES string of the molecule is CCOc1cccc(C(=O)NS(=O)(=O)c2cccc3ncccc23)c1. The molecule has 1 aromatic heterocycles. The van der Waals surface area contributed by atoms with E-state index in [1.807, 2.05) is 6.92 Å². The van der Waals surface area contributed by atoms with Gasteiger partial charge in [0.1, 0.15) is 5.75 Å². The molecule has 0 spiro atoms. The predicted molar refractivity (Wildman–Crippen MR) is 94.0 cm³/mol. The Labute approximate surface area is 145 Å². The van der Waals surface area contributed by atoms with Crippen molar-refractivity contribution in [1.29, 1.82) is 0 Å². The Morgan fingerprint density at radius 3 is 2.72 bits per heavy atom. The molecule has 128 valence electrons. The molecule has 3 aromatic rings. The first-order valence-electron chi connectivity index (χ1n) is 7.65. The molecule has 7 heteroatoms. The lowest BCUT2D eigenvalue weighted by molar-refractivity contribution is 0.0981. The van der Waals surface area contributed by atoms with Gasteiger partial charge in [0, 0.05) is 17.1 Å². The minimum absolute atomic E-state index is 0.00686. The van der Waals surface area contributed by atoms with Gasteiger partial charge in [-0.2, -0.15) is 0 Å². The molecule has 0 radical (unpaired) electrons. The molecule has 3 rings (SSSR count). The molecule has 0 aliphatic rings. The van der Waals surface area contributed by atoms with Crippen molar-refractivity contribution >= 4 is 26.8 Å². The number of nitrogens with zero attached hydrogens (tertiary/aromatic N) is 1. The molecule has 0 atom stereocenters. The zero-order valence-electron chi connectivity index (χ0n) is 13.5. The van der Waals surface area contributed by atoms with Crippen LogP contribution in [-0.2, 0) is 10.0 Å². The zero-order chi connectivity index (χ0) is 17.9. The number of carbonyl (C=O) groups excluding carboxylic acids is 1. The summed E-state index contributed by atoms with van der Waals surface area (Å²) in [4.78, 5) is 16.5. The molecule has 0 fully saturated rings. The topological polar surface area (TPSA) is 85.4 Å². The highest BCUT2D eigenvalue weighted by atomic mass is 32.2. The number of hydrogen-bond acceptors (Lipinski definition) is 5. The molecule has 0 aliphatic heterocycles. The first kappa shape index (κ1) is 16.9. The quantitative estimate of drug-likeness (QED) is 0.760. The van der Waals surface area contributed by atoms with Crippen LogP contribution in [0.25, 0.3) is 10.9 Å². The molecular weight excluding hydrogens is 340 g/mol. The maximum atomic E-state index is 12.6. The third-order valence-corrected chi connectivity index (χ3v) is 4.92. The number of hydrogen-bond donors (Lipinski definition) is 1. The smallest absolute Gasteiger partial charge is 0.265 e. The van der Waals surface area contributed by atoms with Crippen molar-refractivity contribution < 1.29 is 17.9 Å². The van der Waals surface area contributed by atoms with Crippen LogP contribution in [0.15, 0.2) is 65.7 Å². The standard InChI is InChI=1S/C18H16N2O4S/c1-2-24-14-7-3-6-13(12-14)18(21)20-25(22,23)17-10-4-9-16-15(17)8-5-11-19-16/h3-12H,2H2,1H3,(H,20,21). The van der Waals surface area contributed by atoms with Crippen molar-refractivity contribution in [3.05, 3.63) is 66.4 Å². The van der Waals surface area contributed by atoms with Gasteiger partial charge in [-0.3, -0.25) is 9.78 Å². The number of ether oxygens (including phenoxy) is 1. The summed E-state index contributed by atoms with van der Waals surface area (Å²) in [5.41, 5.74) is 0.740. The molecular formula is C18H16N2O4S. The minimum Gasteiger partial charge on any atom is -0.494 e. The van der Waals surface area contributed by atoms with Crippen LogP contribution in [0.1, 0.15) is 17.3 Å². The van der Waals surface area contributed by atoms with Crippen molar-refractivity contribution in [2.45, 2.75) is 11.8 Å². The van der Waals surface area contributed by atoms with E-state index in [1.54, 1.807) is 42.6 Å². The molecule has 0 saturated heterocycles. The number of nitrogens with one attached hydrogen (secondary N) is 1. The van der Waals surface area contributed by atoms with Gasteiger partial charge in [-0.05, 0) is 49.4 Å². The van der Waals surface area contributed by atoms with E-state index in [2.05, 4.69) is 9.71 Å². The number of pyridine rings is 1. The fourth-order valence-corrected chi connectivity index (χ4v) is 3.63. The Bertz CT molecular complexity index is 1030. The van der Waals surface area contributed by atoms with Crippen LogP contribution in [0.5, 0.6) is 5.75 Å². The van der Waals surface area contributed by atoms with E-state index in [1.165, 1.54) is 18.2 Å². The third-order valence-electron chi connectivity index (χ3n) is 3.53. The van der Waals surface area contributed by atoms with E-state index in [9.17, 15) is 13.2 Å². The molecule has 1 heterocycles. The number of benzene rings is 2. The maximum absolute atomic E-state index is 12.6. The Kier molecular flexibility index (Phi) is 4.67. The summed E-state index contributed by atoms with van der Waals surface area (Å²) in [6.45, 7) is 2.28. The lowest BCUT2D eigenvalue weighted by Crippen LogP contribution is -2.30. The monoisotopic (exact) mass is 356 g/mol. The molecule has 0 saturated carbocycles.